The van der Waals surface area contributed by atoms with Crippen molar-refractivity contribution in [2.24, 2.45) is 7.05 Å². The van der Waals surface area contributed by atoms with E-state index in [0.29, 0.717) is 32.3 Å². The van der Waals surface area contributed by atoms with Crippen LogP contribution in [-0.4, -0.2) is 32.3 Å². The molecule has 0 aliphatic heterocycles. The van der Waals surface area contributed by atoms with Crippen LogP contribution in [-0.2, 0) is 18.4 Å². The molecule has 0 bridgehead atoms. The number of hydrogen-bond acceptors (Lipinski definition) is 5. The smallest absolute Gasteiger partial charge is 0.251 e. The number of benzene rings is 2. The average Bonchev–Trinajstić information content (AvgIpc) is 3.08. The summed E-state index contributed by atoms with van der Waals surface area (Å²) in [6.07, 6.45) is 0. The van der Waals surface area contributed by atoms with Crippen LogP contribution in [0.4, 0.5) is 5.69 Å². The van der Waals surface area contributed by atoms with Crippen molar-refractivity contribution < 1.29 is 9.59 Å². The Morgan fingerprint density at radius 2 is 1.71 bits per heavy atom. The fourth-order valence-electron chi connectivity index (χ4n) is 2.53. The Labute approximate surface area is 198 Å². The second-order valence-electron chi connectivity index (χ2n) is 6.59. The minimum atomic E-state index is -0.289. The number of anilines is 1. The van der Waals surface area contributed by atoms with Crippen molar-refractivity contribution in [3.63, 3.8) is 0 Å². The first-order valence-electron chi connectivity index (χ1n) is 9.05. The van der Waals surface area contributed by atoms with Crippen molar-refractivity contribution in [2.45, 2.75) is 18.6 Å². The molecule has 0 aliphatic carbocycles. The van der Waals surface area contributed by atoms with E-state index < -0.39 is 0 Å². The van der Waals surface area contributed by atoms with Crippen LogP contribution < -0.4 is 10.6 Å². The summed E-state index contributed by atoms with van der Waals surface area (Å²) >= 11 is 19.1. The number of nitrogens with one attached hydrogen (secondary N) is 2. The number of nitrogens with zero attached hydrogens (tertiary/aromatic N) is 3. The SMILES string of the molecule is Cc1ccc(C(=O)NCc2nnc(SCC(=O)Nc3cc(Cl)c(Cl)cc3Cl)n2C)cc1. The number of amides is 2. The molecule has 2 N–H and O–H groups in total. The Morgan fingerprint density at radius 1 is 1.03 bits per heavy atom. The summed E-state index contributed by atoms with van der Waals surface area (Å²) in [5.74, 6) is 0.159. The molecule has 3 rings (SSSR count). The average molecular weight is 499 g/mol. The summed E-state index contributed by atoms with van der Waals surface area (Å²) in [5, 5.41) is 15.1. The number of rotatable bonds is 7. The molecule has 0 saturated carbocycles. The van der Waals surface area contributed by atoms with Crippen LogP contribution in [0.2, 0.25) is 15.1 Å². The maximum absolute atomic E-state index is 12.3. The van der Waals surface area contributed by atoms with E-state index in [0.717, 1.165) is 5.56 Å². The fourth-order valence-corrected chi connectivity index (χ4v) is 3.85. The maximum Gasteiger partial charge on any atom is 0.251 e. The molecule has 7 nitrogen and oxygen atoms in total. The zero-order chi connectivity index (χ0) is 22.5. The molecule has 1 heterocycles. The molecule has 3 aromatic rings. The van der Waals surface area contributed by atoms with E-state index >= 15 is 0 Å². The molecule has 0 saturated heterocycles. The van der Waals surface area contributed by atoms with E-state index in [2.05, 4.69) is 20.8 Å². The van der Waals surface area contributed by atoms with Gasteiger partial charge in [-0.05, 0) is 31.2 Å². The largest absolute Gasteiger partial charge is 0.345 e. The Bertz CT molecular complexity index is 1120. The molecule has 11 heteroatoms. The van der Waals surface area contributed by atoms with Gasteiger partial charge in [0.15, 0.2) is 11.0 Å². The molecule has 0 radical (unpaired) electrons. The topological polar surface area (TPSA) is 88.9 Å². The van der Waals surface area contributed by atoms with Gasteiger partial charge in [0, 0.05) is 12.6 Å². The third-order valence-electron chi connectivity index (χ3n) is 4.26. The summed E-state index contributed by atoms with van der Waals surface area (Å²) in [4.78, 5) is 24.5. The molecule has 2 amide bonds. The van der Waals surface area contributed by atoms with Crippen molar-refractivity contribution in [1.82, 2.24) is 20.1 Å². The van der Waals surface area contributed by atoms with E-state index in [1.54, 1.807) is 23.7 Å². The van der Waals surface area contributed by atoms with Gasteiger partial charge in [0.2, 0.25) is 5.91 Å². The maximum atomic E-state index is 12.3. The predicted octanol–water partition coefficient (Wildman–Crippen LogP) is 4.74. The summed E-state index contributed by atoms with van der Waals surface area (Å²) in [5.41, 5.74) is 2.02. The first kappa shape index (κ1) is 23.4. The van der Waals surface area contributed by atoms with Gasteiger partial charge in [-0.3, -0.25) is 9.59 Å². The monoisotopic (exact) mass is 497 g/mol. The van der Waals surface area contributed by atoms with Gasteiger partial charge in [-0.25, -0.2) is 0 Å². The molecule has 1 aromatic heterocycles. The molecule has 162 valence electrons. The normalized spacial score (nSPS) is 10.7. The van der Waals surface area contributed by atoms with Crippen LogP contribution in [0.3, 0.4) is 0 Å². The summed E-state index contributed by atoms with van der Waals surface area (Å²) in [7, 11) is 1.77. The molecule has 0 spiro atoms. The number of hydrogen-bond donors (Lipinski definition) is 2. The van der Waals surface area contributed by atoms with Crippen LogP contribution in [0.1, 0.15) is 21.7 Å². The van der Waals surface area contributed by atoms with Crippen LogP contribution in [0.15, 0.2) is 41.6 Å². The first-order chi connectivity index (χ1) is 14.7. The quantitative estimate of drug-likeness (QED) is 0.363. The van der Waals surface area contributed by atoms with Gasteiger partial charge in [0.1, 0.15) is 0 Å². The van der Waals surface area contributed by atoms with Crippen molar-refractivity contribution in [3.05, 3.63) is 68.4 Å². The van der Waals surface area contributed by atoms with Crippen molar-refractivity contribution in [1.29, 1.82) is 0 Å². The number of carbonyl (C=O) groups is 2. The molecule has 31 heavy (non-hydrogen) atoms. The number of aromatic nitrogens is 3. The lowest BCUT2D eigenvalue weighted by Crippen LogP contribution is -2.24. The zero-order valence-corrected chi connectivity index (χ0v) is 19.7. The van der Waals surface area contributed by atoms with Gasteiger partial charge in [-0.1, -0.05) is 64.3 Å². The van der Waals surface area contributed by atoms with Crippen LogP contribution in [0, 0.1) is 6.92 Å². The van der Waals surface area contributed by atoms with E-state index in [-0.39, 0.29) is 29.1 Å². The van der Waals surface area contributed by atoms with Crippen molar-refractivity contribution >= 4 is 64.1 Å². The molecular formula is C20H18Cl3N5O2S. The predicted molar refractivity (Wildman–Crippen MR) is 124 cm³/mol. The minimum Gasteiger partial charge on any atom is -0.345 e. The summed E-state index contributed by atoms with van der Waals surface area (Å²) in [6.45, 7) is 2.17. The third kappa shape index (κ3) is 6.13. The lowest BCUT2D eigenvalue weighted by molar-refractivity contribution is -0.113. The van der Waals surface area contributed by atoms with Crippen LogP contribution in [0.5, 0.6) is 0 Å². The van der Waals surface area contributed by atoms with Crippen LogP contribution in [0.25, 0.3) is 0 Å². The van der Waals surface area contributed by atoms with Gasteiger partial charge in [0.25, 0.3) is 5.91 Å². The Kier molecular flexibility index (Phi) is 7.83. The third-order valence-corrected chi connectivity index (χ3v) is 6.32. The highest BCUT2D eigenvalue weighted by atomic mass is 35.5. The molecule has 0 atom stereocenters. The summed E-state index contributed by atoms with van der Waals surface area (Å²) < 4.78 is 1.72. The van der Waals surface area contributed by atoms with E-state index in [1.807, 2.05) is 19.1 Å². The lowest BCUT2D eigenvalue weighted by Gasteiger charge is -2.09. The molecule has 0 aliphatic rings. The van der Waals surface area contributed by atoms with Gasteiger partial charge >= 0.3 is 0 Å². The molecule has 0 fully saturated rings. The first-order valence-corrected chi connectivity index (χ1v) is 11.2. The molecule has 2 aromatic carbocycles. The highest BCUT2D eigenvalue weighted by molar-refractivity contribution is 7.99. The highest BCUT2D eigenvalue weighted by Crippen LogP contribution is 2.32. The van der Waals surface area contributed by atoms with Crippen molar-refractivity contribution in [3.8, 4) is 0 Å². The number of carbonyl (C=O) groups excluding carboxylic acids is 2. The van der Waals surface area contributed by atoms with E-state index in [1.165, 1.54) is 23.9 Å². The number of halogens is 3. The van der Waals surface area contributed by atoms with Gasteiger partial charge in [-0.2, -0.15) is 0 Å². The standard InChI is InChI=1S/C20H18Cl3N5O2S/c1-11-3-5-12(6-4-11)19(30)24-9-17-26-27-20(28(17)2)31-10-18(29)25-16-8-14(22)13(21)7-15(16)23/h3-8H,9-10H2,1-2H3,(H,24,30)(H,25,29). The van der Waals surface area contributed by atoms with Gasteiger partial charge < -0.3 is 15.2 Å². The Hall–Kier alpha value is -2.26. The summed E-state index contributed by atoms with van der Waals surface area (Å²) in [6, 6.07) is 10.2. The van der Waals surface area contributed by atoms with E-state index in [4.69, 9.17) is 34.8 Å². The molecular weight excluding hydrogens is 481 g/mol. The van der Waals surface area contributed by atoms with Crippen LogP contribution >= 0.6 is 46.6 Å². The molecule has 0 unspecified atom stereocenters. The van der Waals surface area contributed by atoms with Crippen molar-refractivity contribution in [2.75, 3.05) is 11.1 Å². The fraction of sp³-hybridized carbons (Fsp3) is 0.200. The Balaban J connectivity index is 1.54. The number of thioether (sulfide) groups is 1. The second kappa shape index (κ2) is 10.4. The minimum absolute atomic E-state index is 0.0816. The van der Waals surface area contributed by atoms with E-state index in [9.17, 15) is 9.59 Å². The number of aryl methyl sites for hydroxylation is 1. The zero-order valence-electron chi connectivity index (χ0n) is 16.6. The highest BCUT2D eigenvalue weighted by Gasteiger charge is 2.14. The second-order valence-corrected chi connectivity index (χ2v) is 8.75. The van der Waals surface area contributed by atoms with Gasteiger partial charge in [0.05, 0.1) is 33.1 Å². The Morgan fingerprint density at radius 3 is 2.42 bits per heavy atom. The lowest BCUT2D eigenvalue weighted by atomic mass is 10.1. The van der Waals surface area contributed by atoms with Gasteiger partial charge in [-0.15, -0.1) is 10.2 Å².